The van der Waals surface area contributed by atoms with Crippen LogP contribution in [0.2, 0.25) is 0 Å². The van der Waals surface area contributed by atoms with E-state index in [4.69, 9.17) is 9.98 Å². The van der Waals surface area contributed by atoms with E-state index in [1.807, 2.05) is 36.7 Å². The van der Waals surface area contributed by atoms with Crippen molar-refractivity contribution in [2.75, 3.05) is 0 Å². The van der Waals surface area contributed by atoms with Crippen LogP contribution in [-0.2, 0) is 0 Å². The smallest absolute Gasteiger partial charge is 0.168 e. The summed E-state index contributed by atoms with van der Waals surface area (Å²) in [4.78, 5) is 10.00. The van der Waals surface area contributed by atoms with E-state index in [1.165, 1.54) is 0 Å². The molecule has 0 N–H and O–H groups in total. The van der Waals surface area contributed by atoms with E-state index >= 15 is 0 Å². The Morgan fingerprint density at radius 1 is 0.679 bits per heavy atom. The van der Waals surface area contributed by atoms with Gasteiger partial charge in [0.15, 0.2) is 12.0 Å². The van der Waals surface area contributed by atoms with Crippen LogP contribution in [-0.4, -0.2) is 12.4 Å². The van der Waals surface area contributed by atoms with Crippen molar-refractivity contribution in [2.24, 2.45) is 21.8 Å². The minimum absolute atomic E-state index is 0.0865. The standard InChI is InChI=1S/C26H23N2/c1-3-15-23(16-4-1)25(27-19-21-11-7-8-12-21)26(24-17-5-2-6-18-24)28-20-22-13-9-10-14-22/h1-13,15-22,25-26H/q+1/t22?,25-,26-/m1/s1. The average Bonchev–Trinajstić information content (AvgIpc) is 3.46. The highest BCUT2D eigenvalue weighted by Gasteiger charge is 2.24. The Labute approximate surface area is 167 Å². The van der Waals surface area contributed by atoms with Crippen molar-refractivity contribution >= 4 is 12.4 Å². The second kappa shape index (κ2) is 9.03. The molecule has 3 atom stereocenters. The number of allylic oxidation sites excluding steroid dienone is 8. The van der Waals surface area contributed by atoms with E-state index in [2.05, 4.69) is 85.0 Å². The Hall–Kier alpha value is -3.35. The number of hydrogen-bond acceptors (Lipinski definition) is 2. The third-order valence-corrected chi connectivity index (χ3v) is 4.89. The van der Waals surface area contributed by atoms with Crippen LogP contribution in [0.25, 0.3) is 0 Å². The molecule has 2 heteroatoms. The third-order valence-electron chi connectivity index (χ3n) is 4.89. The highest BCUT2D eigenvalue weighted by Crippen LogP contribution is 2.35. The zero-order valence-corrected chi connectivity index (χ0v) is 15.7. The van der Waals surface area contributed by atoms with Gasteiger partial charge in [-0.05, 0) is 11.1 Å². The molecular weight excluding hydrogens is 340 g/mol. The maximum absolute atomic E-state index is 5.01. The summed E-state index contributed by atoms with van der Waals surface area (Å²) in [5, 5.41) is 0. The molecule has 0 fully saturated rings. The largest absolute Gasteiger partial charge is 0.286 e. The number of rotatable bonds is 7. The first-order valence-corrected chi connectivity index (χ1v) is 9.68. The molecule has 0 amide bonds. The lowest BCUT2D eigenvalue weighted by atomic mass is 9.94. The van der Waals surface area contributed by atoms with E-state index in [0.717, 1.165) is 11.1 Å². The van der Waals surface area contributed by atoms with Crippen LogP contribution in [0.5, 0.6) is 0 Å². The summed E-state index contributed by atoms with van der Waals surface area (Å²) in [6.07, 6.45) is 21.8. The molecule has 4 rings (SSSR count). The molecule has 0 bridgehead atoms. The maximum atomic E-state index is 5.01. The summed E-state index contributed by atoms with van der Waals surface area (Å²) >= 11 is 0. The fourth-order valence-electron chi connectivity index (χ4n) is 3.42. The monoisotopic (exact) mass is 363 g/mol. The van der Waals surface area contributed by atoms with Crippen LogP contribution < -0.4 is 0 Å². The predicted octanol–water partition coefficient (Wildman–Crippen LogP) is 5.90. The molecule has 2 nitrogen and oxygen atoms in total. The molecule has 0 aliphatic heterocycles. The van der Waals surface area contributed by atoms with Gasteiger partial charge in [-0.2, -0.15) is 0 Å². The van der Waals surface area contributed by atoms with Crippen molar-refractivity contribution in [3.63, 3.8) is 0 Å². The van der Waals surface area contributed by atoms with Gasteiger partial charge in [-0.1, -0.05) is 85.0 Å². The molecule has 2 aromatic rings. The molecule has 0 saturated carbocycles. The number of benzene rings is 2. The Morgan fingerprint density at radius 3 is 1.79 bits per heavy atom. The van der Waals surface area contributed by atoms with E-state index in [-0.39, 0.29) is 23.9 Å². The first-order valence-electron chi connectivity index (χ1n) is 9.68. The van der Waals surface area contributed by atoms with Crippen LogP contribution in [0.15, 0.2) is 113 Å². The summed E-state index contributed by atoms with van der Waals surface area (Å²) in [5.74, 6) is 0.382. The molecule has 1 unspecified atom stereocenters. The first kappa shape index (κ1) is 18.0. The van der Waals surface area contributed by atoms with Crippen LogP contribution in [0.3, 0.4) is 0 Å². The van der Waals surface area contributed by atoms with E-state index in [0.29, 0.717) is 0 Å². The van der Waals surface area contributed by atoms with Gasteiger partial charge in [0.2, 0.25) is 0 Å². The van der Waals surface area contributed by atoms with Gasteiger partial charge in [-0.25, -0.2) is 0 Å². The molecule has 2 aromatic carbocycles. The molecule has 0 radical (unpaired) electrons. The van der Waals surface area contributed by atoms with Gasteiger partial charge in [0.25, 0.3) is 0 Å². The van der Waals surface area contributed by atoms with Crippen molar-refractivity contribution in [3.05, 3.63) is 120 Å². The van der Waals surface area contributed by atoms with Crippen LogP contribution in [0, 0.1) is 17.9 Å². The minimum Gasteiger partial charge on any atom is -0.286 e. The molecular formula is C26H23N2+. The third kappa shape index (κ3) is 4.49. The molecule has 136 valence electrons. The van der Waals surface area contributed by atoms with Crippen molar-refractivity contribution in [3.8, 4) is 0 Å². The number of nitrogens with zero attached hydrogens (tertiary/aromatic N) is 2. The number of aliphatic imine (C=N–C) groups is 2. The van der Waals surface area contributed by atoms with Gasteiger partial charge >= 0.3 is 0 Å². The van der Waals surface area contributed by atoms with Gasteiger partial charge in [-0.15, -0.1) is 0 Å². The van der Waals surface area contributed by atoms with Crippen molar-refractivity contribution in [1.29, 1.82) is 0 Å². The van der Waals surface area contributed by atoms with Crippen LogP contribution in [0.1, 0.15) is 23.2 Å². The lowest BCUT2D eigenvalue weighted by Gasteiger charge is -2.22. The summed E-state index contributed by atoms with van der Waals surface area (Å²) in [6, 6.07) is 20.7. The Morgan fingerprint density at radius 2 is 1.25 bits per heavy atom. The van der Waals surface area contributed by atoms with E-state index in [1.54, 1.807) is 0 Å². The van der Waals surface area contributed by atoms with Gasteiger partial charge in [-0.3, -0.25) is 9.98 Å². The van der Waals surface area contributed by atoms with E-state index in [9.17, 15) is 0 Å². The first-order chi connectivity index (χ1) is 13.9. The lowest BCUT2D eigenvalue weighted by molar-refractivity contribution is 0.580. The Balaban J connectivity index is 1.71. The summed E-state index contributed by atoms with van der Waals surface area (Å²) in [6.45, 7) is 0. The molecule has 0 spiro atoms. The van der Waals surface area contributed by atoms with Crippen molar-refractivity contribution in [1.82, 2.24) is 0 Å². The molecule has 28 heavy (non-hydrogen) atoms. The average molecular weight is 363 g/mol. The summed E-state index contributed by atoms with van der Waals surface area (Å²) in [7, 11) is 0. The van der Waals surface area contributed by atoms with Gasteiger partial charge in [0, 0.05) is 24.4 Å². The Kier molecular flexibility index (Phi) is 5.82. The SMILES string of the molecule is [C+]1=CC=CC1C=N[C@H](c1ccccc1)[C@H](N=CC1C=CC=C1)c1ccccc1. The fraction of sp³-hybridized carbons (Fsp3) is 0.154. The molecule has 0 heterocycles. The highest BCUT2D eigenvalue weighted by atomic mass is 14.9. The van der Waals surface area contributed by atoms with Crippen LogP contribution in [0.4, 0.5) is 0 Å². The molecule has 0 saturated heterocycles. The highest BCUT2D eigenvalue weighted by molar-refractivity contribution is 5.69. The fourth-order valence-corrected chi connectivity index (χ4v) is 3.42. The molecule has 2 aliphatic rings. The minimum atomic E-state index is -0.0926. The van der Waals surface area contributed by atoms with E-state index < -0.39 is 0 Å². The Bertz CT molecular complexity index is 829. The normalized spacial score (nSPS) is 20.4. The molecule has 2 aliphatic carbocycles. The van der Waals surface area contributed by atoms with Gasteiger partial charge in [0.1, 0.15) is 12.1 Å². The van der Waals surface area contributed by atoms with Gasteiger partial charge in [0.05, 0.1) is 12.2 Å². The van der Waals surface area contributed by atoms with Gasteiger partial charge < -0.3 is 0 Å². The summed E-state index contributed by atoms with van der Waals surface area (Å²) < 4.78 is 0. The van der Waals surface area contributed by atoms with Crippen molar-refractivity contribution in [2.45, 2.75) is 12.1 Å². The zero-order valence-electron chi connectivity index (χ0n) is 15.7. The topological polar surface area (TPSA) is 24.7 Å². The predicted molar refractivity (Wildman–Crippen MR) is 118 cm³/mol. The lowest BCUT2D eigenvalue weighted by Crippen LogP contribution is -2.10. The van der Waals surface area contributed by atoms with Crippen LogP contribution >= 0.6 is 0 Å². The number of hydrogen-bond donors (Lipinski definition) is 0. The maximum Gasteiger partial charge on any atom is 0.168 e. The second-order valence-electron chi connectivity index (χ2n) is 6.90. The summed E-state index contributed by atoms with van der Waals surface area (Å²) in [5.41, 5.74) is 2.32. The quantitative estimate of drug-likeness (QED) is 0.432. The second-order valence-corrected chi connectivity index (χ2v) is 6.90. The van der Waals surface area contributed by atoms with Crippen molar-refractivity contribution < 1.29 is 0 Å². The molecule has 0 aromatic heterocycles. The zero-order chi connectivity index (χ0) is 19.0.